The zero-order valence-corrected chi connectivity index (χ0v) is 29.4. The quantitative estimate of drug-likeness (QED) is 0.171. The summed E-state index contributed by atoms with van der Waals surface area (Å²) in [4.78, 5) is 26.0. The van der Waals surface area contributed by atoms with Crippen LogP contribution in [0.5, 0.6) is 0 Å². The van der Waals surface area contributed by atoms with Gasteiger partial charge < -0.3 is 29.5 Å². The van der Waals surface area contributed by atoms with Gasteiger partial charge in [0.05, 0.1) is 12.5 Å². The van der Waals surface area contributed by atoms with Crippen molar-refractivity contribution >= 4 is 11.9 Å². The fourth-order valence-corrected chi connectivity index (χ4v) is 10.7. The van der Waals surface area contributed by atoms with Crippen molar-refractivity contribution in [3.8, 4) is 0 Å². The summed E-state index contributed by atoms with van der Waals surface area (Å²) in [6.07, 6.45) is 4.78. The lowest BCUT2D eigenvalue weighted by Gasteiger charge is -2.62. The Bertz CT molecular complexity index is 1300. The molecule has 8 heteroatoms. The monoisotopic (exact) mass is 642 g/mol. The molecule has 1 heterocycles. The van der Waals surface area contributed by atoms with E-state index in [1.165, 1.54) is 6.92 Å². The first kappa shape index (κ1) is 35.3. The Balaban J connectivity index is 1.46. The maximum atomic E-state index is 14.1. The smallest absolute Gasteiger partial charge is 0.311 e. The van der Waals surface area contributed by atoms with Gasteiger partial charge in [-0.3, -0.25) is 9.59 Å². The molecule has 2 saturated carbocycles. The van der Waals surface area contributed by atoms with Crippen molar-refractivity contribution in [3.63, 3.8) is 0 Å². The second-order valence-corrected chi connectivity index (χ2v) is 16.5. The topological polar surface area (TPSA) is 123 Å². The van der Waals surface area contributed by atoms with Gasteiger partial charge in [-0.05, 0) is 99.7 Å². The highest BCUT2D eigenvalue weighted by molar-refractivity contribution is 5.73. The fourth-order valence-electron chi connectivity index (χ4n) is 10.7. The lowest BCUT2D eigenvalue weighted by Crippen LogP contribution is -2.56. The highest BCUT2D eigenvalue weighted by Crippen LogP contribution is 2.72. The first-order valence-corrected chi connectivity index (χ1v) is 17.5. The van der Waals surface area contributed by atoms with Crippen LogP contribution < -0.4 is 0 Å². The van der Waals surface area contributed by atoms with Gasteiger partial charge in [-0.25, -0.2) is 0 Å². The summed E-state index contributed by atoms with van der Waals surface area (Å²) in [5, 5.41) is 30.7. The molecule has 5 rings (SSSR count). The van der Waals surface area contributed by atoms with Gasteiger partial charge in [-0.2, -0.15) is 0 Å². The predicted octanol–water partition coefficient (Wildman–Crippen LogP) is 6.18. The number of ether oxygens (including phenoxy) is 3. The van der Waals surface area contributed by atoms with Crippen LogP contribution in [0.3, 0.4) is 0 Å². The molecular weight excluding hydrogens is 584 g/mol. The Morgan fingerprint density at radius 2 is 1.63 bits per heavy atom. The van der Waals surface area contributed by atoms with Crippen LogP contribution in [-0.4, -0.2) is 64.6 Å². The summed E-state index contributed by atoms with van der Waals surface area (Å²) >= 11 is 0. The van der Waals surface area contributed by atoms with E-state index in [2.05, 4.69) is 47.3 Å². The Morgan fingerprint density at radius 3 is 2.28 bits per heavy atom. The van der Waals surface area contributed by atoms with Gasteiger partial charge in [0.25, 0.3) is 0 Å². The van der Waals surface area contributed by atoms with Crippen molar-refractivity contribution < 1.29 is 39.1 Å². The van der Waals surface area contributed by atoms with E-state index in [9.17, 15) is 24.9 Å². The van der Waals surface area contributed by atoms with E-state index in [1.54, 1.807) is 11.1 Å². The number of rotatable bonds is 7. The van der Waals surface area contributed by atoms with Crippen LogP contribution >= 0.6 is 0 Å². The molecule has 5 aliphatic rings. The number of fused-ring (bicyclic) bond motifs is 4. The molecule has 3 fully saturated rings. The number of allylic oxidation sites excluding steroid dienone is 5. The Hall–Kier alpha value is -2.00. The molecule has 11 atom stereocenters. The van der Waals surface area contributed by atoms with E-state index in [0.29, 0.717) is 12.3 Å². The SMILES string of the molecule is C=C(C)/C(C)=C\C[C@@H](C(=O)O[C@@H]1OC[C@@H](O)[C@H](O)[C@H]1O)[C@H]1CC[C@@]2(C)C3=C(CC[C@]12C)[C@@]1(C)CCC(OC(C)=O)C(C)(C)[C@@H]1CC3. The molecule has 0 radical (unpaired) electrons. The number of esters is 2. The minimum Gasteiger partial charge on any atom is -0.462 e. The van der Waals surface area contributed by atoms with Crippen molar-refractivity contribution in [2.75, 3.05) is 6.61 Å². The van der Waals surface area contributed by atoms with Gasteiger partial charge in [0.2, 0.25) is 6.29 Å². The van der Waals surface area contributed by atoms with Gasteiger partial charge in [0.1, 0.15) is 24.4 Å². The van der Waals surface area contributed by atoms with E-state index < -0.39 is 36.5 Å². The number of aliphatic hydroxyl groups is 3. The maximum absolute atomic E-state index is 14.1. The summed E-state index contributed by atoms with van der Waals surface area (Å²) < 4.78 is 17.2. The Morgan fingerprint density at radius 1 is 0.935 bits per heavy atom. The third-order valence-corrected chi connectivity index (χ3v) is 13.9. The van der Waals surface area contributed by atoms with Gasteiger partial charge >= 0.3 is 11.9 Å². The highest BCUT2D eigenvalue weighted by atomic mass is 16.7. The fraction of sp³-hybridized carbons (Fsp3) is 0.789. The largest absolute Gasteiger partial charge is 0.462 e. The molecule has 1 saturated heterocycles. The molecule has 0 aromatic heterocycles. The third-order valence-electron chi connectivity index (χ3n) is 13.9. The second kappa shape index (κ2) is 12.5. The van der Waals surface area contributed by atoms with Crippen LogP contribution in [-0.2, 0) is 23.8 Å². The van der Waals surface area contributed by atoms with Crippen LogP contribution in [0.1, 0.15) is 113 Å². The van der Waals surface area contributed by atoms with Gasteiger partial charge in [-0.1, -0.05) is 69.6 Å². The molecule has 0 aromatic carbocycles. The lowest BCUT2D eigenvalue weighted by atomic mass is 9.43. The number of hydrogen-bond donors (Lipinski definition) is 3. The zero-order chi connectivity index (χ0) is 34.0. The predicted molar refractivity (Wildman–Crippen MR) is 175 cm³/mol. The molecule has 0 aromatic rings. The van der Waals surface area contributed by atoms with Crippen LogP contribution in [0.25, 0.3) is 0 Å². The molecule has 0 amide bonds. The number of carbonyl (C=O) groups is 2. The molecule has 1 unspecified atom stereocenters. The van der Waals surface area contributed by atoms with Crippen LogP contribution in [0, 0.1) is 39.4 Å². The van der Waals surface area contributed by atoms with Crippen molar-refractivity contribution in [3.05, 3.63) is 34.9 Å². The summed E-state index contributed by atoms with van der Waals surface area (Å²) in [5.74, 6) is -0.625. The standard InChI is InChI=1S/C38H58O8/c1-21(2)22(3)10-11-24(33(43)46-34-32(42)31(41)28(40)20-44-34)25-14-18-38(9)27-12-13-29-35(5,6)30(45-23(4)39)16-17-36(29,7)26(27)15-19-37(25,38)8/h10,24-25,28-32,34,40-42H,1,11-20H2,2-9H3/b22-10-/t24-,25-,28-,29+,30?,31+,32-,34+,36-,37-,38+/m1/s1. The summed E-state index contributed by atoms with van der Waals surface area (Å²) in [7, 11) is 0. The van der Waals surface area contributed by atoms with Crippen molar-refractivity contribution in [1.82, 2.24) is 0 Å². The molecule has 258 valence electrons. The van der Waals surface area contributed by atoms with Crippen LogP contribution in [0.4, 0.5) is 0 Å². The average molecular weight is 643 g/mol. The third kappa shape index (κ3) is 5.63. The molecule has 3 N–H and O–H groups in total. The lowest BCUT2D eigenvalue weighted by molar-refractivity contribution is -0.265. The van der Waals surface area contributed by atoms with E-state index in [0.717, 1.165) is 62.5 Å². The van der Waals surface area contributed by atoms with Crippen molar-refractivity contribution in [1.29, 1.82) is 0 Å². The molecule has 4 aliphatic carbocycles. The second-order valence-electron chi connectivity index (χ2n) is 16.5. The molecule has 8 nitrogen and oxygen atoms in total. The Labute approximate surface area is 275 Å². The van der Waals surface area contributed by atoms with Gasteiger partial charge in [0.15, 0.2) is 0 Å². The number of aliphatic hydroxyl groups excluding tert-OH is 3. The first-order valence-electron chi connectivity index (χ1n) is 17.5. The Kier molecular flexibility index (Phi) is 9.57. The minimum atomic E-state index is -1.52. The molecule has 46 heavy (non-hydrogen) atoms. The average Bonchev–Trinajstić information content (AvgIpc) is 3.25. The van der Waals surface area contributed by atoms with Gasteiger partial charge in [-0.15, -0.1) is 0 Å². The maximum Gasteiger partial charge on any atom is 0.311 e. The van der Waals surface area contributed by atoms with Crippen molar-refractivity contribution in [2.24, 2.45) is 39.4 Å². The minimum absolute atomic E-state index is 0.0474. The van der Waals surface area contributed by atoms with E-state index >= 15 is 0 Å². The van der Waals surface area contributed by atoms with Crippen LogP contribution in [0.2, 0.25) is 0 Å². The number of carbonyl (C=O) groups excluding carboxylic acids is 2. The van der Waals surface area contributed by atoms with Gasteiger partial charge in [0, 0.05) is 12.3 Å². The molecule has 0 spiro atoms. The summed E-state index contributed by atoms with van der Waals surface area (Å²) in [5.41, 5.74) is 4.91. The normalized spacial score (nSPS) is 42.8. The van der Waals surface area contributed by atoms with E-state index in [4.69, 9.17) is 14.2 Å². The van der Waals surface area contributed by atoms with E-state index in [-0.39, 0.29) is 46.3 Å². The van der Waals surface area contributed by atoms with E-state index in [1.807, 2.05) is 13.8 Å². The first-order chi connectivity index (χ1) is 21.4. The summed E-state index contributed by atoms with van der Waals surface area (Å²) in [6, 6.07) is 0. The van der Waals surface area contributed by atoms with Crippen molar-refractivity contribution in [2.45, 2.75) is 144 Å². The molecule has 1 aliphatic heterocycles. The zero-order valence-electron chi connectivity index (χ0n) is 29.4. The highest BCUT2D eigenvalue weighted by Gasteiger charge is 2.64. The number of hydrogen-bond acceptors (Lipinski definition) is 8. The summed E-state index contributed by atoms with van der Waals surface area (Å²) in [6.45, 7) is 21.2. The van der Waals surface area contributed by atoms with Crippen LogP contribution in [0.15, 0.2) is 34.9 Å². The molecular formula is C38H58O8. The molecule has 0 bridgehead atoms.